The first-order valence-corrected chi connectivity index (χ1v) is 6.58. The number of aliphatic carboxylic acids is 1. The van der Waals surface area contributed by atoms with Crippen LogP contribution in [0.3, 0.4) is 0 Å². The van der Waals surface area contributed by atoms with E-state index in [9.17, 15) is 4.79 Å². The van der Waals surface area contributed by atoms with Crippen molar-refractivity contribution in [2.24, 2.45) is 5.92 Å². The summed E-state index contributed by atoms with van der Waals surface area (Å²) in [5.74, 6) is 0.591. The van der Waals surface area contributed by atoms with Gasteiger partial charge in [-0.15, -0.1) is 0 Å². The van der Waals surface area contributed by atoms with Crippen LogP contribution in [0.2, 0.25) is 5.02 Å². The van der Waals surface area contributed by atoms with Gasteiger partial charge in [0.05, 0.1) is 25.7 Å². The summed E-state index contributed by atoms with van der Waals surface area (Å²) in [7, 11) is 3.07. The predicted octanol–water partition coefficient (Wildman–Crippen LogP) is 3.33. The van der Waals surface area contributed by atoms with Gasteiger partial charge in [0, 0.05) is 11.5 Å². The van der Waals surface area contributed by atoms with Crippen LogP contribution in [0.4, 0.5) is 0 Å². The van der Waals surface area contributed by atoms with Crippen LogP contribution in [-0.4, -0.2) is 25.3 Å². The fourth-order valence-electron chi connectivity index (χ4n) is 2.46. The zero-order valence-electron chi connectivity index (χ0n) is 11.0. The molecule has 1 aliphatic rings. The van der Waals surface area contributed by atoms with E-state index in [2.05, 4.69) is 0 Å². The van der Waals surface area contributed by atoms with Gasteiger partial charge in [-0.1, -0.05) is 17.7 Å². The lowest BCUT2D eigenvalue weighted by atomic mass is 9.90. The third-order valence-corrected chi connectivity index (χ3v) is 3.79. The summed E-state index contributed by atoms with van der Waals surface area (Å²) in [5, 5.41) is 9.53. The molecule has 0 aromatic heterocycles. The highest BCUT2D eigenvalue weighted by atomic mass is 35.5. The lowest BCUT2D eigenvalue weighted by molar-refractivity contribution is -0.137. The smallest absolute Gasteiger partial charge is 0.303 e. The number of carbonyl (C=O) groups is 1. The Morgan fingerprint density at radius 2 is 2.00 bits per heavy atom. The molecule has 1 unspecified atom stereocenters. The van der Waals surface area contributed by atoms with Crippen molar-refractivity contribution in [1.82, 2.24) is 0 Å². The van der Waals surface area contributed by atoms with E-state index < -0.39 is 5.97 Å². The van der Waals surface area contributed by atoms with E-state index in [0.29, 0.717) is 22.4 Å². The molecular formula is C14H17ClO4. The van der Waals surface area contributed by atoms with Crippen molar-refractivity contribution < 1.29 is 19.4 Å². The van der Waals surface area contributed by atoms with Crippen LogP contribution in [-0.2, 0) is 4.79 Å². The van der Waals surface area contributed by atoms with Gasteiger partial charge in [-0.05, 0) is 24.8 Å². The standard InChI is InChI=1S/C14H17ClO4/c1-18-13-9(5-6-11(15)14(13)19-2)10(7-12(16)17)8-3-4-8/h5-6,8,10H,3-4,7H2,1-2H3,(H,16,17). The van der Waals surface area contributed by atoms with Crippen molar-refractivity contribution in [2.45, 2.75) is 25.2 Å². The molecule has 1 N–H and O–H groups in total. The summed E-state index contributed by atoms with van der Waals surface area (Å²) >= 11 is 6.06. The SMILES string of the molecule is COc1c(Cl)ccc(C(CC(=O)O)C2CC2)c1OC. The van der Waals surface area contributed by atoms with Gasteiger partial charge in [0.25, 0.3) is 0 Å². The first-order chi connectivity index (χ1) is 9.08. The Kier molecular flexibility index (Phi) is 4.20. The minimum atomic E-state index is -0.798. The van der Waals surface area contributed by atoms with E-state index in [1.54, 1.807) is 13.2 Å². The molecule has 0 saturated heterocycles. The monoisotopic (exact) mass is 284 g/mol. The molecule has 5 heteroatoms. The van der Waals surface area contributed by atoms with Gasteiger partial charge < -0.3 is 14.6 Å². The number of methoxy groups -OCH3 is 2. The van der Waals surface area contributed by atoms with Crippen molar-refractivity contribution in [3.63, 3.8) is 0 Å². The summed E-state index contributed by atoms with van der Waals surface area (Å²) in [6.45, 7) is 0. The number of hydrogen-bond acceptors (Lipinski definition) is 3. The maximum Gasteiger partial charge on any atom is 0.303 e. The molecule has 1 fully saturated rings. The van der Waals surface area contributed by atoms with Crippen molar-refractivity contribution in [3.8, 4) is 11.5 Å². The van der Waals surface area contributed by atoms with Crippen LogP contribution in [0.25, 0.3) is 0 Å². The van der Waals surface area contributed by atoms with Crippen molar-refractivity contribution >= 4 is 17.6 Å². The van der Waals surface area contributed by atoms with Crippen LogP contribution < -0.4 is 9.47 Å². The lowest BCUT2D eigenvalue weighted by Gasteiger charge is -2.20. The van der Waals surface area contributed by atoms with E-state index in [1.165, 1.54) is 7.11 Å². The maximum absolute atomic E-state index is 11.0. The molecule has 0 bridgehead atoms. The lowest BCUT2D eigenvalue weighted by Crippen LogP contribution is -2.10. The normalized spacial score (nSPS) is 15.9. The maximum atomic E-state index is 11.0. The summed E-state index contributed by atoms with van der Waals surface area (Å²) in [6.07, 6.45) is 2.23. The van der Waals surface area contributed by atoms with Crippen molar-refractivity contribution in [1.29, 1.82) is 0 Å². The topological polar surface area (TPSA) is 55.8 Å². The molecule has 4 nitrogen and oxygen atoms in total. The second kappa shape index (κ2) is 5.70. The van der Waals surface area contributed by atoms with E-state index in [-0.39, 0.29) is 12.3 Å². The molecule has 1 aliphatic carbocycles. The quantitative estimate of drug-likeness (QED) is 0.870. The number of carboxylic acid groups (broad SMARTS) is 1. The number of carboxylic acids is 1. The highest BCUT2D eigenvalue weighted by Crippen LogP contribution is 2.50. The molecule has 0 heterocycles. The molecule has 1 aromatic carbocycles. The van der Waals surface area contributed by atoms with Crippen LogP contribution in [0.1, 0.15) is 30.7 Å². The van der Waals surface area contributed by atoms with Gasteiger partial charge >= 0.3 is 5.97 Å². The van der Waals surface area contributed by atoms with E-state index in [1.807, 2.05) is 6.07 Å². The summed E-state index contributed by atoms with van der Waals surface area (Å²) < 4.78 is 10.6. The summed E-state index contributed by atoms with van der Waals surface area (Å²) in [5.41, 5.74) is 0.869. The van der Waals surface area contributed by atoms with Crippen LogP contribution in [0.15, 0.2) is 12.1 Å². The molecule has 1 saturated carbocycles. The van der Waals surface area contributed by atoms with Gasteiger partial charge in [0.2, 0.25) is 0 Å². The van der Waals surface area contributed by atoms with Gasteiger partial charge in [-0.3, -0.25) is 4.79 Å². The fraction of sp³-hybridized carbons (Fsp3) is 0.500. The number of ether oxygens (including phenoxy) is 2. The van der Waals surface area contributed by atoms with Crippen LogP contribution >= 0.6 is 11.6 Å². The van der Waals surface area contributed by atoms with E-state index >= 15 is 0 Å². The molecular weight excluding hydrogens is 268 g/mol. The summed E-state index contributed by atoms with van der Waals surface area (Å²) in [6, 6.07) is 3.57. The van der Waals surface area contributed by atoms with Gasteiger partial charge in [-0.25, -0.2) is 0 Å². The van der Waals surface area contributed by atoms with Gasteiger partial charge in [0.1, 0.15) is 0 Å². The minimum absolute atomic E-state index is 0.0429. The number of benzene rings is 1. The average Bonchev–Trinajstić information content (AvgIpc) is 3.19. The van der Waals surface area contributed by atoms with Gasteiger partial charge in [0.15, 0.2) is 11.5 Å². The molecule has 19 heavy (non-hydrogen) atoms. The number of halogens is 1. The van der Waals surface area contributed by atoms with Crippen molar-refractivity contribution in [2.75, 3.05) is 14.2 Å². The Bertz CT molecular complexity index is 483. The largest absolute Gasteiger partial charge is 0.493 e. The number of rotatable bonds is 6. The first-order valence-electron chi connectivity index (χ1n) is 6.20. The van der Waals surface area contributed by atoms with Crippen LogP contribution in [0.5, 0.6) is 11.5 Å². The third-order valence-electron chi connectivity index (χ3n) is 3.49. The molecule has 0 radical (unpaired) electrons. The average molecular weight is 285 g/mol. The molecule has 0 aliphatic heterocycles. The summed E-state index contributed by atoms with van der Waals surface area (Å²) in [4.78, 5) is 11.0. The Balaban J connectivity index is 2.43. The van der Waals surface area contributed by atoms with E-state index in [0.717, 1.165) is 18.4 Å². The molecule has 0 amide bonds. The number of hydrogen-bond donors (Lipinski definition) is 1. The highest BCUT2D eigenvalue weighted by molar-refractivity contribution is 6.32. The Morgan fingerprint density at radius 3 is 2.47 bits per heavy atom. The second-order valence-electron chi connectivity index (χ2n) is 4.74. The highest BCUT2D eigenvalue weighted by Gasteiger charge is 2.36. The molecule has 0 spiro atoms. The third kappa shape index (κ3) is 2.95. The Labute approximate surface area is 117 Å². The molecule has 1 atom stereocenters. The first kappa shape index (κ1) is 14.0. The van der Waals surface area contributed by atoms with Gasteiger partial charge in [-0.2, -0.15) is 0 Å². The molecule has 104 valence electrons. The van der Waals surface area contributed by atoms with Crippen molar-refractivity contribution in [3.05, 3.63) is 22.7 Å². The van der Waals surface area contributed by atoms with Crippen LogP contribution in [0, 0.1) is 5.92 Å². The Morgan fingerprint density at radius 1 is 1.37 bits per heavy atom. The molecule has 2 rings (SSSR count). The zero-order valence-corrected chi connectivity index (χ0v) is 11.7. The zero-order chi connectivity index (χ0) is 14.0. The Hall–Kier alpha value is -1.42. The van der Waals surface area contributed by atoms with E-state index in [4.69, 9.17) is 26.2 Å². The predicted molar refractivity (Wildman–Crippen MR) is 72.3 cm³/mol. The fourth-order valence-corrected chi connectivity index (χ4v) is 2.69. The minimum Gasteiger partial charge on any atom is -0.493 e. The molecule has 1 aromatic rings. The second-order valence-corrected chi connectivity index (χ2v) is 5.15.